The van der Waals surface area contributed by atoms with Gasteiger partial charge < -0.3 is 5.32 Å². The summed E-state index contributed by atoms with van der Waals surface area (Å²) < 4.78 is 0. The lowest BCUT2D eigenvalue weighted by Gasteiger charge is -2.03. The summed E-state index contributed by atoms with van der Waals surface area (Å²) in [6.07, 6.45) is 5.32. The molecule has 0 saturated carbocycles. The SMILES string of the molecule is O=C(CCCCCCNC(=O)c1ncc(-c2cccc(Cl)c2)s1)NO. The van der Waals surface area contributed by atoms with E-state index >= 15 is 0 Å². The number of carbonyl (C=O) groups is 2. The smallest absolute Gasteiger partial charge is 0.280 e. The van der Waals surface area contributed by atoms with E-state index in [1.807, 2.05) is 18.2 Å². The standard InChI is InChI=1S/C17H20ClN3O3S/c18-13-7-5-6-12(10-13)14-11-20-17(25-14)16(23)19-9-4-2-1-3-8-15(22)21-24/h5-7,10-11,24H,1-4,8-9H2,(H,19,23)(H,21,22). The summed E-state index contributed by atoms with van der Waals surface area (Å²) in [5.41, 5.74) is 2.55. The van der Waals surface area contributed by atoms with Crippen molar-refractivity contribution in [2.24, 2.45) is 0 Å². The molecule has 3 N–H and O–H groups in total. The average molecular weight is 382 g/mol. The van der Waals surface area contributed by atoms with Crippen molar-refractivity contribution >= 4 is 34.8 Å². The number of hydrogen-bond donors (Lipinski definition) is 3. The number of hydroxylamine groups is 1. The van der Waals surface area contributed by atoms with E-state index in [2.05, 4.69) is 10.3 Å². The summed E-state index contributed by atoms with van der Waals surface area (Å²) in [4.78, 5) is 28.0. The van der Waals surface area contributed by atoms with Crippen LogP contribution in [0.15, 0.2) is 30.5 Å². The summed E-state index contributed by atoms with van der Waals surface area (Å²) in [6.45, 7) is 0.567. The number of rotatable bonds is 9. The molecule has 0 fully saturated rings. The van der Waals surface area contributed by atoms with Crippen LogP contribution in [0.3, 0.4) is 0 Å². The topological polar surface area (TPSA) is 91.3 Å². The van der Waals surface area contributed by atoms with Gasteiger partial charge in [-0.3, -0.25) is 14.8 Å². The van der Waals surface area contributed by atoms with Crippen LogP contribution in [0.5, 0.6) is 0 Å². The van der Waals surface area contributed by atoms with Gasteiger partial charge in [0.2, 0.25) is 5.91 Å². The summed E-state index contributed by atoms with van der Waals surface area (Å²) in [7, 11) is 0. The Bertz CT molecular complexity index is 721. The molecule has 2 aromatic rings. The molecule has 0 spiro atoms. The van der Waals surface area contributed by atoms with Crippen molar-refractivity contribution in [1.82, 2.24) is 15.8 Å². The Kier molecular flexibility index (Phi) is 7.84. The Morgan fingerprint density at radius 2 is 2.00 bits per heavy atom. The maximum Gasteiger partial charge on any atom is 0.280 e. The minimum absolute atomic E-state index is 0.182. The number of nitrogens with zero attached hydrogens (tertiary/aromatic N) is 1. The molecule has 0 radical (unpaired) electrons. The molecule has 8 heteroatoms. The van der Waals surface area contributed by atoms with Crippen molar-refractivity contribution in [2.45, 2.75) is 32.1 Å². The first kappa shape index (κ1) is 19.4. The minimum atomic E-state index is -0.368. The number of benzene rings is 1. The van der Waals surface area contributed by atoms with Crippen LogP contribution in [0.1, 0.15) is 41.9 Å². The lowest BCUT2D eigenvalue weighted by atomic mass is 10.1. The zero-order valence-corrected chi connectivity index (χ0v) is 15.2. The normalized spacial score (nSPS) is 10.5. The van der Waals surface area contributed by atoms with Crippen LogP contribution in [-0.2, 0) is 4.79 Å². The van der Waals surface area contributed by atoms with Crippen molar-refractivity contribution in [1.29, 1.82) is 0 Å². The molecule has 6 nitrogen and oxygen atoms in total. The number of carbonyl (C=O) groups excluding carboxylic acids is 2. The number of halogens is 1. The quantitative estimate of drug-likeness (QED) is 0.351. The molecule has 0 saturated heterocycles. The van der Waals surface area contributed by atoms with Crippen molar-refractivity contribution in [2.75, 3.05) is 6.54 Å². The number of nitrogens with one attached hydrogen (secondary N) is 2. The Labute approximate surface area is 155 Å². The molecule has 1 heterocycles. The molecule has 0 bridgehead atoms. The van der Waals surface area contributed by atoms with Crippen LogP contribution >= 0.6 is 22.9 Å². The van der Waals surface area contributed by atoms with Crippen LogP contribution in [-0.4, -0.2) is 28.6 Å². The van der Waals surface area contributed by atoms with Gasteiger partial charge in [0.1, 0.15) is 0 Å². The third-order valence-electron chi connectivity index (χ3n) is 3.55. The maximum atomic E-state index is 12.1. The Balaban J connectivity index is 1.70. The monoisotopic (exact) mass is 381 g/mol. The predicted octanol–water partition coefficient (Wildman–Crippen LogP) is 3.65. The predicted molar refractivity (Wildman–Crippen MR) is 97.9 cm³/mol. The van der Waals surface area contributed by atoms with E-state index in [1.165, 1.54) is 11.3 Å². The van der Waals surface area contributed by atoms with E-state index in [0.717, 1.165) is 36.1 Å². The number of aromatic nitrogens is 1. The van der Waals surface area contributed by atoms with Crippen molar-refractivity contribution in [3.05, 3.63) is 40.5 Å². The fourth-order valence-electron chi connectivity index (χ4n) is 2.25. The second-order valence-corrected chi connectivity index (χ2v) is 6.96. The molecule has 0 aliphatic heterocycles. The molecule has 25 heavy (non-hydrogen) atoms. The van der Waals surface area contributed by atoms with Crippen molar-refractivity contribution < 1.29 is 14.8 Å². The largest absolute Gasteiger partial charge is 0.350 e. The first-order chi connectivity index (χ1) is 12.1. The second-order valence-electron chi connectivity index (χ2n) is 5.50. The fourth-order valence-corrected chi connectivity index (χ4v) is 3.27. The lowest BCUT2D eigenvalue weighted by molar-refractivity contribution is -0.129. The Hall–Kier alpha value is -1.96. The van der Waals surface area contributed by atoms with Crippen LogP contribution in [0.2, 0.25) is 5.02 Å². The van der Waals surface area contributed by atoms with Crippen LogP contribution in [0.25, 0.3) is 10.4 Å². The van der Waals surface area contributed by atoms with E-state index in [1.54, 1.807) is 17.7 Å². The van der Waals surface area contributed by atoms with E-state index in [0.29, 0.717) is 23.0 Å². The van der Waals surface area contributed by atoms with Gasteiger partial charge in [-0.05, 0) is 30.5 Å². The second kappa shape index (κ2) is 10.1. The summed E-state index contributed by atoms with van der Waals surface area (Å²) in [5, 5.41) is 12.3. The van der Waals surface area contributed by atoms with Gasteiger partial charge in [0, 0.05) is 24.2 Å². The highest BCUT2D eigenvalue weighted by Gasteiger charge is 2.11. The van der Waals surface area contributed by atoms with Crippen LogP contribution in [0.4, 0.5) is 0 Å². The number of thiazole rings is 1. The highest BCUT2D eigenvalue weighted by atomic mass is 35.5. The van der Waals surface area contributed by atoms with Crippen LogP contribution in [0, 0.1) is 0 Å². The van der Waals surface area contributed by atoms with Gasteiger partial charge in [-0.15, -0.1) is 11.3 Å². The van der Waals surface area contributed by atoms with Gasteiger partial charge in [0.05, 0.1) is 4.88 Å². The van der Waals surface area contributed by atoms with Gasteiger partial charge >= 0.3 is 0 Å². The van der Waals surface area contributed by atoms with E-state index in [-0.39, 0.29) is 11.8 Å². The minimum Gasteiger partial charge on any atom is -0.350 e. The molecule has 1 aromatic heterocycles. The number of unbranched alkanes of at least 4 members (excludes halogenated alkanes) is 3. The zero-order chi connectivity index (χ0) is 18.1. The van der Waals surface area contributed by atoms with Gasteiger partial charge in [-0.25, -0.2) is 10.5 Å². The molecule has 134 valence electrons. The fraction of sp³-hybridized carbons (Fsp3) is 0.353. The molecule has 1 aromatic carbocycles. The average Bonchev–Trinajstić information content (AvgIpc) is 3.10. The summed E-state index contributed by atoms with van der Waals surface area (Å²) in [6, 6.07) is 7.43. The van der Waals surface area contributed by atoms with E-state index in [9.17, 15) is 9.59 Å². The molecule has 0 aliphatic carbocycles. The third-order valence-corrected chi connectivity index (χ3v) is 4.83. The van der Waals surface area contributed by atoms with Crippen molar-refractivity contribution in [3.8, 4) is 10.4 Å². The molecule has 0 atom stereocenters. The Morgan fingerprint density at radius 1 is 1.20 bits per heavy atom. The van der Waals surface area contributed by atoms with Crippen LogP contribution < -0.4 is 10.8 Å². The number of hydrogen-bond acceptors (Lipinski definition) is 5. The molecular formula is C17H20ClN3O3S. The van der Waals surface area contributed by atoms with E-state index in [4.69, 9.17) is 16.8 Å². The molecule has 0 aliphatic rings. The molecule has 2 rings (SSSR count). The molecule has 0 unspecified atom stereocenters. The first-order valence-corrected chi connectivity index (χ1v) is 9.22. The zero-order valence-electron chi connectivity index (χ0n) is 13.6. The number of amides is 2. The first-order valence-electron chi connectivity index (χ1n) is 8.03. The third kappa shape index (κ3) is 6.45. The van der Waals surface area contributed by atoms with Crippen molar-refractivity contribution in [3.63, 3.8) is 0 Å². The maximum absolute atomic E-state index is 12.1. The van der Waals surface area contributed by atoms with Gasteiger partial charge in [-0.2, -0.15) is 0 Å². The Morgan fingerprint density at radius 3 is 2.76 bits per heavy atom. The molecular weight excluding hydrogens is 362 g/mol. The van der Waals surface area contributed by atoms with E-state index < -0.39 is 0 Å². The summed E-state index contributed by atoms with van der Waals surface area (Å²) in [5.74, 6) is -0.550. The molecule has 2 amide bonds. The highest BCUT2D eigenvalue weighted by molar-refractivity contribution is 7.17. The van der Waals surface area contributed by atoms with Gasteiger partial charge in [-0.1, -0.05) is 36.6 Å². The summed E-state index contributed by atoms with van der Waals surface area (Å²) >= 11 is 7.31. The highest BCUT2D eigenvalue weighted by Crippen LogP contribution is 2.27. The lowest BCUT2D eigenvalue weighted by Crippen LogP contribution is -2.24. The van der Waals surface area contributed by atoms with Gasteiger partial charge in [0.25, 0.3) is 5.91 Å². The van der Waals surface area contributed by atoms with Gasteiger partial charge in [0.15, 0.2) is 5.01 Å².